The first-order chi connectivity index (χ1) is 9.60. The molecule has 5 heteroatoms. The zero-order chi connectivity index (χ0) is 14.7. The molecule has 2 aromatic rings. The van der Waals surface area contributed by atoms with E-state index >= 15 is 0 Å². The fraction of sp³-hybridized carbons (Fsp3) is 0.400. The predicted molar refractivity (Wildman–Crippen MR) is 82.7 cm³/mol. The van der Waals surface area contributed by atoms with Crippen LogP contribution in [-0.2, 0) is 0 Å². The molecule has 1 aromatic heterocycles. The number of hydrogen-bond donors (Lipinski definition) is 1. The number of benzene rings is 1. The first-order valence-electron chi connectivity index (χ1n) is 6.85. The van der Waals surface area contributed by atoms with Crippen LogP contribution in [0.3, 0.4) is 0 Å². The normalized spacial score (nSPS) is 10.9. The number of carbonyl (C=O) groups is 1. The average Bonchev–Trinajstić information content (AvgIpc) is 2.78. The van der Waals surface area contributed by atoms with Gasteiger partial charge in [0, 0.05) is 17.8 Å². The molecule has 3 nitrogen and oxygen atoms in total. The topological polar surface area (TPSA) is 46.3 Å². The van der Waals surface area contributed by atoms with Crippen LogP contribution in [-0.4, -0.2) is 23.9 Å². The van der Waals surface area contributed by atoms with Crippen LogP contribution in [0.15, 0.2) is 18.2 Å². The Morgan fingerprint density at radius 1 is 1.40 bits per heavy atom. The molecule has 1 amide bonds. The molecule has 0 aliphatic carbocycles. The van der Waals surface area contributed by atoms with Gasteiger partial charge in [0.05, 0.1) is 11.1 Å². The third kappa shape index (κ3) is 2.63. The number of anilines is 1. The molecule has 0 spiro atoms. The van der Waals surface area contributed by atoms with Crippen molar-refractivity contribution in [3.8, 4) is 0 Å². The summed E-state index contributed by atoms with van der Waals surface area (Å²) in [4.78, 5) is 14.7. The smallest absolute Gasteiger partial charge is 0.266 e. The standard InChI is InChI=1S/C15H19FN2OS/c1-3-5-9-18(4-2)15(19)14-13(17)12-10(16)7-6-8-11(12)20-14/h6-8H,3-5,9,17H2,1-2H3. The lowest BCUT2D eigenvalue weighted by molar-refractivity contribution is 0.0768. The molecule has 108 valence electrons. The number of rotatable bonds is 5. The van der Waals surface area contributed by atoms with Crippen LogP contribution in [0.2, 0.25) is 0 Å². The van der Waals surface area contributed by atoms with E-state index in [4.69, 9.17) is 5.73 Å². The minimum atomic E-state index is -0.369. The minimum Gasteiger partial charge on any atom is -0.397 e. The Morgan fingerprint density at radius 2 is 2.15 bits per heavy atom. The van der Waals surface area contributed by atoms with Gasteiger partial charge in [0.15, 0.2) is 0 Å². The SMILES string of the molecule is CCCCN(CC)C(=O)c1sc2cccc(F)c2c1N. The molecule has 0 fully saturated rings. The molecule has 0 radical (unpaired) electrons. The second-order valence-corrected chi connectivity index (χ2v) is 5.75. The number of amides is 1. The maximum Gasteiger partial charge on any atom is 0.266 e. The van der Waals surface area contributed by atoms with Gasteiger partial charge in [-0.25, -0.2) is 4.39 Å². The zero-order valence-corrected chi connectivity index (χ0v) is 12.6. The number of carbonyl (C=O) groups excluding carboxylic acids is 1. The van der Waals surface area contributed by atoms with Crippen molar-refractivity contribution in [1.82, 2.24) is 4.90 Å². The lowest BCUT2D eigenvalue weighted by atomic mass is 10.2. The first-order valence-corrected chi connectivity index (χ1v) is 7.67. The molecule has 2 N–H and O–H groups in total. The summed E-state index contributed by atoms with van der Waals surface area (Å²) in [7, 11) is 0. The van der Waals surface area contributed by atoms with E-state index in [-0.39, 0.29) is 17.4 Å². The van der Waals surface area contributed by atoms with Crippen LogP contribution >= 0.6 is 11.3 Å². The fourth-order valence-corrected chi connectivity index (χ4v) is 3.29. The molecular weight excluding hydrogens is 275 g/mol. The molecule has 0 saturated carbocycles. The van der Waals surface area contributed by atoms with Crippen LogP contribution in [0.4, 0.5) is 10.1 Å². The lowest BCUT2D eigenvalue weighted by Crippen LogP contribution is -2.31. The molecule has 1 heterocycles. The third-order valence-electron chi connectivity index (χ3n) is 3.35. The highest BCUT2D eigenvalue weighted by molar-refractivity contribution is 7.21. The van der Waals surface area contributed by atoms with Crippen molar-refractivity contribution in [2.24, 2.45) is 0 Å². The van der Waals surface area contributed by atoms with E-state index in [1.54, 1.807) is 17.0 Å². The number of halogens is 1. The zero-order valence-electron chi connectivity index (χ0n) is 11.8. The quantitative estimate of drug-likeness (QED) is 0.909. The van der Waals surface area contributed by atoms with Gasteiger partial charge in [0.2, 0.25) is 0 Å². The summed E-state index contributed by atoms with van der Waals surface area (Å²) in [5, 5.41) is 0.368. The Kier molecular flexibility index (Phi) is 4.60. The van der Waals surface area contributed by atoms with Crippen molar-refractivity contribution >= 4 is 33.0 Å². The van der Waals surface area contributed by atoms with Crippen LogP contribution in [0.25, 0.3) is 10.1 Å². The second kappa shape index (κ2) is 6.22. The minimum absolute atomic E-state index is 0.0981. The molecule has 0 unspecified atom stereocenters. The monoisotopic (exact) mass is 294 g/mol. The Hall–Kier alpha value is -1.62. The highest BCUT2D eigenvalue weighted by Gasteiger charge is 2.22. The van der Waals surface area contributed by atoms with Gasteiger partial charge in [-0.05, 0) is 25.5 Å². The van der Waals surface area contributed by atoms with E-state index in [0.717, 1.165) is 17.5 Å². The van der Waals surface area contributed by atoms with Gasteiger partial charge in [0.1, 0.15) is 10.7 Å². The Bertz CT molecular complexity index is 624. The van der Waals surface area contributed by atoms with Crippen molar-refractivity contribution in [1.29, 1.82) is 0 Å². The van der Waals surface area contributed by atoms with Crippen LogP contribution < -0.4 is 5.73 Å². The molecule has 2 rings (SSSR count). The Morgan fingerprint density at radius 3 is 2.75 bits per heavy atom. The second-order valence-electron chi connectivity index (χ2n) is 4.70. The van der Waals surface area contributed by atoms with E-state index in [9.17, 15) is 9.18 Å². The van der Waals surface area contributed by atoms with Crippen LogP contribution in [0, 0.1) is 5.82 Å². The van der Waals surface area contributed by atoms with Gasteiger partial charge in [-0.3, -0.25) is 4.79 Å². The molecule has 0 bridgehead atoms. The summed E-state index contributed by atoms with van der Waals surface area (Å²) in [5.41, 5.74) is 6.25. The summed E-state index contributed by atoms with van der Waals surface area (Å²) in [6, 6.07) is 4.80. The summed E-state index contributed by atoms with van der Waals surface area (Å²) in [6.07, 6.45) is 1.99. The summed E-state index contributed by atoms with van der Waals surface area (Å²) < 4.78 is 14.5. The molecule has 0 aliphatic rings. The highest BCUT2D eigenvalue weighted by atomic mass is 32.1. The van der Waals surface area contributed by atoms with Crippen LogP contribution in [0.5, 0.6) is 0 Å². The summed E-state index contributed by atoms with van der Waals surface area (Å²) in [5.74, 6) is -0.467. The predicted octanol–water partition coefficient (Wildman–Crippen LogP) is 3.88. The van der Waals surface area contributed by atoms with E-state index in [2.05, 4.69) is 6.92 Å². The summed E-state index contributed by atoms with van der Waals surface area (Å²) in [6.45, 7) is 5.37. The number of nitrogen functional groups attached to an aromatic ring is 1. The molecule has 0 atom stereocenters. The Balaban J connectivity index is 2.39. The van der Waals surface area contributed by atoms with Gasteiger partial charge in [0.25, 0.3) is 5.91 Å². The van der Waals surface area contributed by atoms with Crippen molar-refractivity contribution in [2.45, 2.75) is 26.7 Å². The number of hydrogen-bond acceptors (Lipinski definition) is 3. The first kappa shape index (κ1) is 14.8. The number of fused-ring (bicyclic) bond motifs is 1. The summed E-state index contributed by atoms with van der Waals surface area (Å²) >= 11 is 1.27. The highest BCUT2D eigenvalue weighted by Crippen LogP contribution is 2.36. The maximum absolute atomic E-state index is 13.8. The van der Waals surface area contributed by atoms with E-state index in [1.807, 2.05) is 6.92 Å². The van der Waals surface area contributed by atoms with Crippen molar-refractivity contribution < 1.29 is 9.18 Å². The van der Waals surface area contributed by atoms with E-state index in [1.165, 1.54) is 17.4 Å². The fourth-order valence-electron chi connectivity index (χ4n) is 2.18. The Labute approximate surface area is 122 Å². The van der Waals surface area contributed by atoms with Gasteiger partial charge >= 0.3 is 0 Å². The number of unbranched alkanes of at least 4 members (excludes halogenated alkanes) is 1. The van der Waals surface area contributed by atoms with E-state index in [0.29, 0.717) is 23.4 Å². The molecule has 0 saturated heterocycles. The number of nitrogens with two attached hydrogens (primary N) is 1. The number of nitrogens with zero attached hydrogens (tertiary/aromatic N) is 1. The third-order valence-corrected chi connectivity index (χ3v) is 4.50. The van der Waals surface area contributed by atoms with Crippen molar-refractivity contribution in [3.63, 3.8) is 0 Å². The van der Waals surface area contributed by atoms with Gasteiger partial charge < -0.3 is 10.6 Å². The molecule has 1 aromatic carbocycles. The largest absolute Gasteiger partial charge is 0.397 e. The average molecular weight is 294 g/mol. The molecular formula is C15H19FN2OS. The number of thiophene rings is 1. The van der Waals surface area contributed by atoms with Gasteiger partial charge in [-0.2, -0.15) is 0 Å². The van der Waals surface area contributed by atoms with Gasteiger partial charge in [-0.1, -0.05) is 19.4 Å². The van der Waals surface area contributed by atoms with Gasteiger partial charge in [-0.15, -0.1) is 11.3 Å². The molecule has 0 aliphatic heterocycles. The lowest BCUT2D eigenvalue weighted by Gasteiger charge is -2.20. The van der Waals surface area contributed by atoms with E-state index < -0.39 is 0 Å². The van der Waals surface area contributed by atoms with Crippen molar-refractivity contribution in [3.05, 3.63) is 28.9 Å². The molecule has 20 heavy (non-hydrogen) atoms. The maximum atomic E-state index is 13.8. The van der Waals surface area contributed by atoms with Crippen molar-refractivity contribution in [2.75, 3.05) is 18.8 Å². The van der Waals surface area contributed by atoms with Crippen LogP contribution in [0.1, 0.15) is 36.4 Å².